The molecule has 2 aromatic carbocycles. The number of hydrogen-bond acceptors (Lipinski definition) is 4. The minimum absolute atomic E-state index is 0. The van der Waals surface area contributed by atoms with Gasteiger partial charge in [0.1, 0.15) is 12.4 Å². The predicted octanol–water partition coefficient (Wildman–Crippen LogP) is 3.84. The first-order chi connectivity index (χ1) is 13.3. The molecule has 0 aliphatic heterocycles. The highest BCUT2D eigenvalue weighted by molar-refractivity contribution is 14.0. The highest BCUT2D eigenvalue weighted by Crippen LogP contribution is 2.15. The summed E-state index contributed by atoms with van der Waals surface area (Å²) in [6, 6.07) is 14.1. The standard InChI is InChI=1S/C20H26ClN3O3S.HI/c1-4-22-20(24(2)15-16-5-7-17(21)8-6-16)23-13-14-27-18-9-11-19(12-10-18)28(3,25)26;/h5-12H,4,13-15H2,1-3H3,(H,22,23);1H. The number of hydrogen-bond donors (Lipinski definition) is 1. The highest BCUT2D eigenvalue weighted by Gasteiger charge is 2.08. The molecule has 29 heavy (non-hydrogen) atoms. The monoisotopic (exact) mass is 551 g/mol. The van der Waals surface area contributed by atoms with Crippen molar-refractivity contribution in [3.8, 4) is 5.75 Å². The van der Waals surface area contributed by atoms with Crippen LogP contribution in [-0.2, 0) is 16.4 Å². The molecule has 0 amide bonds. The third-order valence-electron chi connectivity index (χ3n) is 3.90. The molecule has 0 aromatic heterocycles. The van der Waals surface area contributed by atoms with Gasteiger partial charge in [-0.15, -0.1) is 24.0 Å². The van der Waals surface area contributed by atoms with Crippen LogP contribution in [0.1, 0.15) is 12.5 Å². The van der Waals surface area contributed by atoms with E-state index in [1.54, 1.807) is 12.1 Å². The predicted molar refractivity (Wildman–Crippen MR) is 129 cm³/mol. The van der Waals surface area contributed by atoms with E-state index in [0.29, 0.717) is 30.5 Å². The third-order valence-corrected chi connectivity index (χ3v) is 5.28. The normalized spacial score (nSPS) is 11.5. The summed E-state index contributed by atoms with van der Waals surface area (Å²) in [5.41, 5.74) is 1.14. The average Bonchev–Trinajstić information content (AvgIpc) is 2.65. The Morgan fingerprint density at radius 2 is 1.76 bits per heavy atom. The molecule has 0 heterocycles. The van der Waals surface area contributed by atoms with Crippen LogP contribution in [0.2, 0.25) is 5.02 Å². The molecule has 0 saturated heterocycles. The molecule has 0 aliphatic carbocycles. The second-order valence-corrected chi connectivity index (χ2v) is 8.76. The maximum absolute atomic E-state index is 11.5. The van der Waals surface area contributed by atoms with E-state index >= 15 is 0 Å². The number of rotatable bonds is 8. The summed E-state index contributed by atoms with van der Waals surface area (Å²) in [6.07, 6.45) is 1.18. The van der Waals surface area contributed by atoms with E-state index in [1.165, 1.54) is 18.4 Å². The van der Waals surface area contributed by atoms with E-state index in [4.69, 9.17) is 16.3 Å². The van der Waals surface area contributed by atoms with E-state index in [2.05, 4.69) is 10.3 Å². The van der Waals surface area contributed by atoms with Crippen LogP contribution in [0.15, 0.2) is 58.4 Å². The first-order valence-corrected chi connectivity index (χ1v) is 11.2. The van der Waals surface area contributed by atoms with Crippen LogP contribution in [0.25, 0.3) is 0 Å². The number of sulfone groups is 1. The van der Waals surface area contributed by atoms with Crippen LogP contribution in [0, 0.1) is 0 Å². The minimum Gasteiger partial charge on any atom is -0.492 e. The van der Waals surface area contributed by atoms with Crippen molar-refractivity contribution in [3.05, 3.63) is 59.1 Å². The van der Waals surface area contributed by atoms with Crippen LogP contribution in [0.3, 0.4) is 0 Å². The second-order valence-electron chi connectivity index (χ2n) is 6.31. The van der Waals surface area contributed by atoms with E-state index in [9.17, 15) is 8.42 Å². The summed E-state index contributed by atoms with van der Waals surface area (Å²) >= 11 is 5.93. The number of benzene rings is 2. The molecule has 0 saturated carbocycles. The van der Waals surface area contributed by atoms with Gasteiger partial charge in [0, 0.05) is 31.4 Å². The summed E-state index contributed by atoms with van der Waals surface area (Å²) in [7, 11) is -1.23. The third kappa shape index (κ3) is 8.79. The zero-order valence-electron chi connectivity index (χ0n) is 16.8. The lowest BCUT2D eigenvalue weighted by atomic mass is 10.2. The molecule has 0 radical (unpaired) electrons. The summed E-state index contributed by atoms with van der Waals surface area (Å²) in [6.45, 7) is 4.35. The lowest BCUT2D eigenvalue weighted by Crippen LogP contribution is -2.38. The largest absolute Gasteiger partial charge is 0.492 e. The Morgan fingerprint density at radius 1 is 1.14 bits per heavy atom. The van der Waals surface area contributed by atoms with E-state index in [0.717, 1.165) is 18.1 Å². The zero-order valence-corrected chi connectivity index (χ0v) is 20.7. The van der Waals surface area contributed by atoms with Crippen molar-refractivity contribution in [1.29, 1.82) is 0 Å². The molecule has 2 rings (SSSR count). The van der Waals surface area contributed by atoms with Crippen molar-refractivity contribution in [3.63, 3.8) is 0 Å². The van der Waals surface area contributed by atoms with E-state index < -0.39 is 9.84 Å². The molecule has 0 fully saturated rings. The summed E-state index contributed by atoms with van der Waals surface area (Å²) in [5.74, 6) is 1.40. The fraction of sp³-hybridized carbons (Fsp3) is 0.350. The van der Waals surface area contributed by atoms with Crippen molar-refractivity contribution in [2.24, 2.45) is 4.99 Å². The number of aliphatic imine (C=N–C) groups is 1. The Labute approximate surface area is 195 Å². The lowest BCUT2D eigenvalue weighted by Gasteiger charge is -2.22. The number of halogens is 2. The van der Waals surface area contributed by atoms with Gasteiger partial charge in [-0.3, -0.25) is 0 Å². The number of nitrogens with one attached hydrogen (secondary N) is 1. The van der Waals surface area contributed by atoms with Crippen molar-refractivity contribution in [2.75, 3.05) is 33.0 Å². The van der Waals surface area contributed by atoms with Gasteiger partial charge >= 0.3 is 0 Å². The van der Waals surface area contributed by atoms with Gasteiger partial charge < -0.3 is 15.0 Å². The van der Waals surface area contributed by atoms with Crippen molar-refractivity contribution < 1.29 is 13.2 Å². The number of guanidine groups is 1. The van der Waals surface area contributed by atoms with E-state index in [1.807, 2.05) is 43.1 Å². The van der Waals surface area contributed by atoms with Crippen molar-refractivity contribution in [1.82, 2.24) is 10.2 Å². The summed E-state index contributed by atoms with van der Waals surface area (Å²) < 4.78 is 28.6. The van der Waals surface area contributed by atoms with Crippen LogP contribution in [0.4, 0.5) is 0 Å². The smallest absolute Gasteiger partial charge is 0.194 e. The molecule has 1 N–H and O–H groups in total. The fourth-order valence-corrected chi connectivity index (χ4v) is 3.26. The lowest BCUT2D eigenvalue weighted by molar-refractivity contribution is 0.327. The van der Waals surface area contributed by atoms with Crippen molar-refractivity contribution in [2.45, 2.75) is 18.4 Å². The van der Waals surface area contributed by atoms with Gasteiger partial charge in [-0.2, -0.15) is 0 Å². The van der Waals surface area contributed by atoms with Gasteiger partial charge in [0.2, 0.25) is 0 Å². The van der Waals surface area contributed by atoms with Gasteiger partial charge in [0.15, 0.2) is 15.8 Å². The molecule has 0 aliphatic rings. The Balaban J connectivity index is 0.00000420. The van der Waals surface area contributed by atoms with Crippen LogP contribution in [0.5, 0.6) is 5.75 Å². The number of ether oxygens (including phenoxy) is 1. The molecule has 0 atom stereocenters. The van der Waals surface area contributed by atoms with Gasteiger partial charge in [-0.05, 0) is 48.9 Å². The Bertz CT molecular complexity index is 888. The topological polar surface area (TPSA) is 71.0 Å². The summed E-state index contributed by atoms with van der Waals surface area (Å²) in [4.78, 5) is 6.89. The maximum atomic E-state index is 11.5. The van der Waals surface area contributed by atoms with Crippen LogP contribution >= 0.6 is 35.6 Å². The molecule has 160 valence electrons. The Kier molecular flexibility index (Phi) is 10.8. The second kappa shape index (κ2) is 12.2. The van der Waals surface area contributed by atoms with Gasteiger partial charge in [-0.25, -0.2) is 13.4 Å². The number of nitrogens with zero attached hydrogens (tertiary/aromatic N) is 2. The average molecular weight is 552 g/mol. The van der Waals surface area contributed by atoms with E-state index in [-0.39, 0.29) is 28.9 Å². The zero-order chi connectivity index (χ0) is 20.6. The molecule has 2 aromatic rings. The quantitative estimate of drug-likeness (QED) is 0.234. The van der Waals surface area contributed by atoms with Crippen LogP contribution in [-0.4, -0.2) is 52.3 Å². The molecule has 0 spiro atoms. The van der Waals surface area contributed by atoms with Gasteiger partial charge in [-0.1, -0.05) is 23.7 Å². The molecular formula is C20H27ClIN3O3S. The minimum atomic E-state index is -3.20. The van der Waals surface area contributed by atoms with Crippen molar-refractivity contribution >= 4 is 51.4 Å². The molecule has 0 unspecified atom stereocenters. The summed E-state index contributed by atoms with van der Waals surface area (Å²) in [5, 5.41) is 3.98. The first-order valence-electron chi connectivity index (χ1n) is 8.96. The fourth-order valence-electron chi connectivity index (χ4n) is 2.51. The highest BCUT2D eigenvalue weighted by atomic mass is 127. The van der Waals surface area contributed by atoms with Crippen LogP contribution < -0.4 is 10.1 Å². The molecular weight excluding hydrogens is 525 g/mol. The first kappa shape index (κ1) is 25.5. The van der Waals surface area contributed by atoms with Gasteiger partial charge in [0.05, 0.1) is 11.4 Å². The van der Waals surface area contributed by atoms with Gasteiger partial charge in [0.25, 0.3) is 0 Å². The Hall–Kier alpha value is -1.52. The SMILES string of the molecule is CCNC(=NCCOc1ccc(S(C)(=O)=O)cc1)N(C)Cc1ccc(Cl)cc1.I. The molecule has 9 heteroatoms. The maximum Gasteiger partial charge on any atom is 0.194 e. The molecule has 0 bridgehead atoms. The molecule has 6 nitrogen and oxygen atoms in total. The Morgan fingerprint density at radius 3 is 2.31 bits per heavy atom.